The first kappa shape index (κ1) is 15.3. The molecule has 0 aliphatic rings. The SMILES string of the molecule is Cc1nccc(-c2cccc(-c3csc(NC(=O)CN)n3)c2)n1. The Hall–Kier alpha value is -2.64. The summed E-state index contributed by atoms with van der Waals surface area (Å²) in [7, 11) is 0. The van der Waals surface area contributed by atoms with Gasteiger partial charge in [0.25, 0.3) is 0 Å². The average molecular weight is 325 g/mol. The van der Waals surface area contributed by atoms with E-state index in [1.54, 1.807) is 6.20 Å². The molecule has 1 amide bonds. The quantitative estimate of drug-likeness (QED) is 0.768. The average Bonchev–Trinajstić information content (AvgIpc) is 3.03. The molecule has 0 aliphatic heterocycles. The lowest BCUT2D eigenvalue weighted by Crippen LogP contribution is -2.21. The molecule has 6 nitrogen and oxygen atoms in total. The fraction of sp³-hybridized carbons (Fsp3) is 0.125. The van der Waals surface area contributed by atoms with Gasteiger partial charge in [-0.1, -0.05) is 18.2 Å². The summed E-state index contributed by atoms with van der Waals surface area (Å²) < 4.78 is 0. The van der Waals surface area contributed by atoms with Gasteiger partial charge in [-0.05, 0) is 19.1 Å². The molecule has 0 saturated heterocycles. The Balaban J connectivity index is 1.89. The molecule has 116 valence electrons. The van der Waals surface area contributed by atoms with Gasteiger partial charge < -0.3 is 11.1 Å². The van der Waals surface area contributed by atoms with Gasteiger partial charge in [-0.25, -0.2) is 15.0 Å². The minimum atomic E-state index is -0.254. The van der Waals surface area contributed by atoms with Crippen LogP contribution in [0.5, 0.6) is 0 Å². The summed E-state index contributed by atoms with van der Waals surface area (Å²) in [5.41, 5.74) is 8.91. The van der Waals surface area contributed by atoms with Crippen LogP contribution in [0.3, 0.4) is 0 Å². The van der Waals surface area contributed by atoms with Crippen molar-refractivity contribution in [2.45, 2.75) is 6.92 Å². The first-order chi connectivity index (χ1) is 11.2. The molecule has 23 heavy (non-hydrogen) atoms. The molecule has 1 aromatic carbocycles. The number of anilines is 1. The number of amides is 1. The molecule has 7 heteroatoms. The van der Waals surface area contributed by atoms with Gasteiger partial charge >= 0.3 is 0 Å². The van der Waals surface area contributed by atoms with Crippen molar-refractivity contribution in [3.05, 3.63) is 47.7 Å². The summed E-state index contributed by atoms with van der Waals surface area (Å²) in [6, 6.07) is 9.82. The highest BCUT2D eigenvalue weighted by atomic mass is 32.1. The van der Waals surface area contributed by atoms with Crippen LogP contribution in [0.15, 0.2) is 41.9 Å². The van der Waals surface area contributed by atoms with E-state index in [0.717, 1.165) is 28.3 Å². The Kier molecular flexibility index (Phi) is 4.40. The van der Waals surface area contributed by atoms with E-state index in [2.05, 4.69) is 20.3 Å². The molecule has 3 aromatic rings. The van der Waals surface area contributed by atoms with Crippen molar-refractivity contribution in [3.63, 3.8) is 0 Å². The largest absolute Gasteiger partial charge is 0.322 e. The number of benzene rings is 1. The van der Waals surface area contributed by atoms with Gasteiger partial charge in [-0.15, -0.1) is 11.3 Å². The summed E-state index contributed by atoms with van der Waals surface area (Å²) in [5.74, 6) is 0.476. The molecule has 2 heterocycles. The Labute approximate surface area is 137 Å². The maximum Gasteiger partial charge on any atom is 0.239 e. The maximum absolute atomic E-state index is 11.3. The van der Waals surface area contributed by atoms with Crippen molar-refractivity contribution < 1.29 is 4.79 Å². The topological polar surface area (TPSA) is 93.8 Å². The number of carbonyl (C=O) groups excluding carboxylic acids is 1. The molecule has 0 spiro atoms. The Morgan fingerprint density at radius 2 is 2.00 bits per heavy atom. The van der Waals surface area contributed by atoms with Crippen LogP contribution in [0.4, 0.5) is 5.13 Å². The normalized spacial score (nSPS) is 10.5. The highest BCUT2D eigenvalue weighted by Crippen LogP contribution is 2.28. The monoisotopic (exact) mass is 325 g/mol. The molecule has 0 fully saturated rings. The number of nitrogens with zero attached hydrogens (tertiary/aromatic N) is 3. The van der Waals surface area contributed by atoms with Gasteiger partial charge in [-0.2, -0.15) is 0 Å². The van der Waals surface area contributed by atoms with E-state index in [1.807, 2.05) is 42.6 Å². The molecule has 2 aromatic heterocycles. The van der Waals surface area contributed by atoms with Crippen molar-refractivity contribution in [1.29, 1.82) is 0 Å². The summed E-state index contributed by atoms with van der Waals surface area (Å²) >= 11 is 1.37. The van der Waals surface area contributed by atoms with Crippen LogP contribution >= 0.6 is 11.3 Å². The number of nitrogens with two attached hydrogens (primary N) is 1. The highest BCUT2D eigenvalue weighted by Gasteiger charge is 2.08. The van der Waals surface area contributed by atoms with Gasteiger partial charge in [0.15, 0.2) is 5.13 Å². The molecule has 0 bridgehead atoms. The predicted molar refractivity (Wildman–Crippen MR) is 91.0 cm³/mol. The second kappa shape index (κ2) is 6.64. The number of carbonyl (C=O) groups is 1. The van der Waals surface area contributed by atoms with E-state index in [1.165, 1.54) is 11.3 Å². The van der Waals surface area contributed by atoms with Crippen molar-refractivity contribution in [3.8, 4) is 22.5 Å². The van der Waals surface area contributed by atoms with E-state index in [0.29, 0.717) is 5.13 Å². The number of hydrogen-bond acceptors (Lipinski definition) is 6. The standard InChI is InChI=1S/C16H15N5OS/c1-10-18-6-5-13(19-10)11-3-2-4-12(7-11)14-9-23-16(20-14)21-15(22)8-17/h2-7,9H,8,17H2,1H3,(H,20,21,22). The summed E-state index contributed by atoms with van der Waals surface area (Å²) in [6.07, 6.45) is 1.74. The lowest BCUT2D eigenvalue weighted by molar-refractivity contribution is -0.114. The molecular weight excluding hydrogens is 310 g/mol. The van der Waals surface area contributed by atoms with E-state index in [4.69, 9.17) is 5.73 Å². The fourth-order valence-corrected chi connectivity index (χ4v) is 2.82. The zero-order chi connectivity index (χ0) is 16.2. The summed E-state index contributed by atoms with van der Waals surface area (Å²) in [4.78, 5) is 24.3. The van der Waals surface area contributed by atoms with E-state index >= 15 is 0 Å². The number of rotatable bonds is 4. The van der Waals surface area contributed by atoms with Crippen molar-refractivity contribution in [2.24, 2.45) is 5.73 Å². The number of thiazole rings is 1. The molecule has 0 saturated carbocycles. The molecule has 0 unspecified atom stereocenters. The second-order valence-corrected chi connectivity index (χ2v) is 5.72. The molecule has 3 rings (SSSR count). The lowest BCUT2D eigenvalue weighted by Gasteiger charge is -2.04. The van der Waals surface area contributed by atoms with Crippen molar-refractivity contribution in [1.82, 2.24) is 15.0 Å². The highest BCUT2D eigenvalue weighted by molar-refractivity contribution is 7.14. The van der Waals surface area contributed by atoms with E-state index in [-0.39, 0.29) is 12.5 Å². The van der Waals surface area contributed by atoms with Crippen LogP contribution in [0.25, 0.3) is 22.5 Å². The third-order valence-electron chi connectivity index (χ3n) is 3.17. The zero-order valence-electron chi connectivity index (χ0n) is 12.5. The zero-order valence-corrected chi connectivity index (χ0v) is 13.3. The van der Waals surface area contributed by atoms with Gasteiger partial charge in [0.05, 0.1) is 17.9 Å². The third-order valence-corrected chi connectivity index (χ3v) is 3.92. The number of nitrogens with one attached hydrogen (secondary N) is 1. The van der Waals surface area contributed by atoms with Crippen molar-refractivity contribution in [2.75, 3.05) is 11.9 Å². The van der Waals surface area contributed by atoms with Gasteiger partial charge in [0.1, 0.15) is 5.82 Å². The lowest BCUT2D eigenvalue weighted by atomic mass is 10.1. The molecular formula is C16H15N5OS. The van der Waals surface area contributed by atoms with Crippen LogP contribution in [0.1, 0.15) is 5.82 Å². The van der Waals surface area contributed by atoms with Crippen LogP contribution in [0, 0.1) is 6.92 Å². The molecule has 0 radical (unpaired) electrons. The minimum absolute atomic E-state index is 0.0581. The van der Waals surface area contributed by atoms with Gasteiger partial charge in [0.2, 0.25) is 5.91 Å². The van der Waals surface area contributed by atoms with Crippen LogP contribution in [-0.2, 0) is 4.79 Å². The first-order valence-electron chi connectivity index (χ1n) is 7.01. The number of aryl methyl sites for hydroxylation is 1. The minimum Gasteiger partial charge on any atom is -0.322 e. The Morgan fingerprint density at radius 1 is 1.22 bits per heavy atom. The summed E-state index contributed by atoms with van der Waals surface area (Å²) in [6.45, 7) is 1.80. The number of aromatic nitrogens is 3. The second-order valence-electron chi connectivity index (χ2n) is 4.86. The van der Waals surface area contributed by atoms with E-state index < -0.39 is 0 Å². The smallest absolute Gasteiger partial charge is 0.239 e. The number of hydrogen-bond donors (Lipinski definition) is 2. The Bertz CT molecular complexity index is 846. The van der Waals surface area contributed by atoms with Crippen molar-refractivity contribution >= 4 is 22.4 Å². The van der Waals surface area contributed by atoms with Crippen LogP contribution in [0.2, 0.25) is 0 Å². The first-order valence-corrected chi connectivity index (χ1v) is 7.89. The third kappa shape index (κ3) is 3.58. The molecule has 0 atom stereocenters. The predicted octanol–water partition coefficient (Wildman–Crippen LogP) is 2.47. The van der Waals surface area contributed by atoms with Gasteiger partial charge in [-0.3, -0.25) is 4.79 Å². The molecule has 0 aliphatic carbocycles. The Morgan fingerprint density at radius 3 is 2.74 bits per heavy atom. The van der Waals surface area contributed by atoms with Crippen LogP contribution in [-0.4, -0.2) is 27.4 Å². The fourth-order valence-electron chi connectivity index (χ4n) is 2.09. The van der Waals surface area contributed by atoms with E-state index in [9.17, 15) is 4.79 Å². The van der Waals surface area contributed by atoms with Crippen LogP contribution < -0.4 is 11.1 Å². The molecule has 3 N–H and O–H groups in total. The summed E-state index contributed by atoms with van der Waals surface area (Å²) in [5, 5.41) is 5.10. The maximum atomic E-state index is 11.3. The van der Waals surface area contributed by atoms with Gasteiger partial charge in [0, 0.05) is 22.7 Å².